The first-order valence-corrected chi connectivity index (χ1v) is 8.42. The van der Waals surface area contributed by atoms with Gasteiger partial charge in [-0.15, -0.1) is 11.3 Å². The van der Waals surface area contributed by atoms with Crippen LogP contribution in [0.2, 0.25) is 0 Å². The van der Waals surface area contributed by atoms with Gasteiger partial charge in [0.2, 0.25) is 0 Å². The molecule has 0 saturated carbocycles. The van der Waals surface area contributed by atoms with Gasteiger partial charge in [0.05, 0.1) is 12.7 Å². The number of nitrogens with one attached hydrogen (secondary N) is 2. The minimum atomic E-state index is 0.299. The minimum Gasteiger partial charge on any atom is -0.379 e. The highest BCUT2D eigenvalue weighted by Crippen LogP contribution is 2.08. The Morgan fingerprint density at radius 3 is 3.10 bits per heavy atom. The maximum absolute atomic E-state index is 5.72. The fourth-order valence-corrected chi connectivity index (χ4v) is 2.86. The van der Waals surface area contributed by atoms with E-state index in [0.717, 1.165) is 58.1 Å². The molecule has 1 aliphatic heterocycles. The highest BCUT2D eigenvalue weighted by Gasteiger charge is 2.15. The van der Waals surface area contributed by atoms with Crippen LogP contribution in [-0.4, -0.2) is 52.0 Å². The van der Waals surface area contributed by atoms with E-state index in [0.29, 0.717) is 6.10 Å². The second-order valence-corrected chi connectivity index (χ2v) is 6.00. The first kappa shape index (κ1) is 16.3. The first-order valence-electron chi connectivity index (χ1n) is 7.54. The third-order valence-corrected chi connectivity index (χ3v) is 4.26. The molecule has 118 valence electrons. The molecule has 0 aliphatic carbocycles. The van der Waals surface area contributed by atoms with Gasteiger partial charge in [-0.3, -0.25) is 4.99 Å². The zero-order valence-electron chi connectivity index (χ0n) is 12.6. The summed E-state index contributed by atoms with van der Waals surface area (Å²) in [4.78, 5) is 5.61. The predicted molar refractivity (Wildman–Crippen MR) is 87.2 cm³/mol. The van der Waals surface area contributed by atoms with Crippen molar-refractivity contribution < 1.29 is 9.47 Å². The molecule has 2 heterocycles. The molecule has 21 heavy (non-hydrogen) atoms. The summed E-state index contributed by atoms with van der Waals surface area (Å²) < 4.78 is 11.0. The van der Waals surface area contributed by atoms with Crippen LogP contribution >= 0.6 is 11.3 Å². The summed E-state index contributed by atoms with van der Waals surface area (Å²) in [5.41, 5.74) is 0. The van der Waals surface area contributed by atoms with Gasteiger partial charge >= 0.3 is 0 Å². The number of thiophene rings is 1. The van der Waals surface area contributed by atoms with Gasteiger partial charge in [0.15, 0.2) is 5.96 Å². The maximum Gasteiger partial charge on any atom is 0.190 e. The molecule has 0 spiro atoms. The molecule has 1 saturated heterocycles. The Labute approximate surface area is 130 Å². The standard InChI is InChI=1S/C15H25N3O2S/c1-16-15(18-8-5-14-4-2-11-21-14)17-7-3-9-20-13-6-10-19-12-13/h2,4,11,13H,3,5-10,12H2,1H3,(H2,16,17,18). The van der Waals surface area contributed by atoms with E-state index in [1.807, 2.05) is 0 Å². The molecule has 1 unspecified atom stereocenters. The van der Waals surface area contributed by atoms with Crippen molar-refractivity contribution >= 4 is 17.3 Å². The van der Waals surface area contributed by atoms with E-state index in [4.69, 9.17) is 9.47 Å². The minimum absolute atomic E-state index is 0.299. The number of rotatable bonds is 8. The number of aliphatic imine (C=N–C) groups is 1. The summed E-state index contributed by atoms with van der Waals surface area (Å²) in [6.45, 7) is 4.12. The number of hydrogen-bond donors (Lipinski definition) is 2. The van der Waals surface area contributed by atoms with Crippen molar-refractivity contribution in [2.75, 3.05) is 40.0 Å². The van der Waals surface area contributed by atoms with Crippen molar-refractivity contribution in [2.45, 2.75) is 25.4 Å². The predicted octanol–water partition coefficient (Wildman–Crippen LogP) is 1.65. The molecular formula is C15H25N3O2S. The van der Waals surface area contributed by atoms with Crippen molar-refractivity contribution in [3.05, 3.63) is 22.4 Å². The third kappa shape index (κ3) is 6.46. The summed E-state index contributed by atoms with van der Waals surface area (Å²) in [5, 5.41) is 8.74. The number of nitrogens with zero attached hydrogens (tertiary/aromatic N) is 1. The first-order chi connectivity index (χ1) is 10.4. The van der Waals surface area contributed by atoms with Gasteiger partial charge in [0, 0.05) is 38.2 Å². The highest BCUT2D eigenvalue weighted by atomic mass is 32.1. The van der Waals surface area contributed by atoms with Gasteiger partial charge in [-0.05, 0) is 30.7 Å². The molecule has 0 bridgehead atoms. The zero-order valence-corrected chi connectivity index (χ0v) is 13.5. The quantitative estimate of drug-likeness (QED) is 0.435. The molecule has 1 fully saturated rings. The summed E-state index contributed by atoms with van der Waals surface area (Å²) in [5.74, 6) is 0.857. The summed E-state index contributed by atoms with van der Waals surface area (Å²) in [6, 6.07) is 4.25. The topological polar surface area (TPSA) is 54.9 Å². The SMILES string of the molecule is CN=C(NCCCOC1CCOC1)NCCc1cccs1. The molecule has 5 nitrogen and oxygen atoms in total. The Morgan fingerprint density at radius 1 is 1.48 bits per heavy atom. The molecule has 0 aromatic carbocycles. The molecular weight excluding hydrogens is 286 g/mol. The normalized spacial score (nSPS) is 18.9. The van der Waals surface area contributed by atoms with Crippen molar-refractivity contribution in [1.82, 2.24) is 10.6 Å². The van der Waals surface area contributed by atoms with Crippen LogP contribution in [0.4, 0.5) is 0 Å². The second kappa shape index (κ2) is 9.76. The van der Waals surface area contributed by atoms with Crippen molar-refractivity contribution in [1.29, 1.82) is 0 Å². The maximum atomic E-state index is 5.72. The van der Waals surface area contributed by atoms with Gasteiger partial charge in [0.25, 0.3) is 0 Å². The molecule has 6 heteroatoms. The van der Waals surface area contributed by atoms with E-state index in [-0.39, 0.29) is 0 Å². The summed E-state index contributed by atoms with van der Waals surface area (Å²) in [7, 11) is 1.80. The van der Waals surface area contributed by atoms with E-state index in [9.17, 15) is 0 Å². The Morgan fingerprint density at radius 2 is 2.38 bits per heavy atom. The van der Waals surface area contributed by atoms with Gasteiger partial charge < -0.3 is 20.1 Å². The Hall–Kier alpha value is -1.11. The number of hydrogen-bond acceptors (Lipinski definition) is 4. The monoisotopic (exact) mass is 311 g/mol. The fourth-order valence-electron chi connectivity index (χ4n) is 2.15. The van der Waals surface area contributed by atoms with Crippen LogP contribution < -0.4 is 10.6 Å². The van der Waals surface area contributed by atoms with Crippen molar-refractivity contribution in [2.24, 2.45) is 4.99 Å². The van der Waals surface area contributed by atoms with Crippen LogP contribution in [0, 0.1) is 0 Å². The average Bonchev–Trinajstić information content (AvgIpc) is 3.18. The van der Waals surface area contributed by atoms with Crippen molar-refractivity contribution in [3.63, 3.8) is 0 Å². The third-order valence-electron chi connectivity index (χ3n) is 3.32. The fraction of sp³-hybridized carbons (Fsp3) is 0.667. The Kier molecular flexibility index (Phi) is 7.56. The Balaban J connectivity index is 1.49. The molecule has 0 amide bonds. The lowest BCUT2D eigenvalue weighted by Crippen LogP contribution is -2.39. The number of guanidine groups is 1. The van der Waals surface area contributed by atoms with Crippen LogP contribution in [0.25, 0.3) is 0 Å². The van der Waals surface area contributed by atoms with Crippen LogP contribution in [0.5, 0.6) is 0 Å². The second-order valence-electron chi connectivity index (χ2n) is 4.97. The average molecular weight is 311 g/mol. The van der Waals surface area contributed by atoms with Gasteiger partial charge in [-0.2, -0.15) is 0 Å². The van der Waals surface area contributed by atoms with E-state index >= 15 is 0 Å². The lowest BCUT2D eigenvalue weighted by Gasteiger charge is -2.13. The molecule has 1 aromatic rings. The molecule has 1 aliphatic rings. The molecule has 0 radical (unpaired) electrons. The van der Waals surface area contributed by atoms with E-state index in [2.05, 4.69) is 33.1 Å². The largest absolute Gasteiger partial charge is 0.379 e. The van der Waals surface area contributed by atoms with Gasteiger partial charge in [-0.1, -0.05) is 6.07 Å². The van der Waals surface area contributed by atoms with E-state index < -0.39 is 0 Å². The van der Waals surface area contributed by atoms with Crippen LogP contribution in [0.1, 0.15) is 17.7 Å². The molecule has 2 rings (SSSR count). The van der Waals surface area contributed by atoms with Crippen LogP contribution in [-0.2, 0) is 15.9 Å². The zero-order chi connectivity index (χ0) is 14.8. The highest BCUT2D eigenvalue weighted by molar-refractivity contribution is 7.09. The van der Waals surface area contributed by atoms with Gasteiger partial charge in [-0.25, -0.2) is 0 Å². The van der Waals surface area contributed by atoms with Crippen LogP contribution in [0.15, 0.2) is 22.5 Å². The lowest BCUT2D eigenvalue weighted by molar-refractivity contribution is 0.0420. The summed E-state index contributed by atoms with van der Waals surface area (Å²) in [6.07, 6.45) is 3.33. The lowest BCUT2D eigenvalue weighted by atomic mass is 10.3. The van der Waals surface area contributed by atoms with Crippen LogP contribution in [0.3, 0.4) is 0 Å². The van der Waals surface area contributed by atoms with E-state index in [1.54, 1.807) is 18.4 Å². The van der Waals surface area contributed by atoms with Crippen molar-refractivity contribution in [3.8, 4) is 0 Å². The molecule has 1 atom stereocenters. The smallest absolute Gasteiger partial charge is 0.190 e. The van der Waals surface area contributed by atoms with Gasteiger partial charge in [0.1, 0.15) is 0 Å². The Bertz CT molecular complexity index is 403. The molecule has 2 N–H and O–H groups in total. The van der Waals surface area contributed by atoms with E-state index in [1.165, 1.54) is 4.88 Å². The summed E-state index contributed by atoms with van der Waals surface area (Å²) >= 11 is 1.79. The number of ether oxygens (including phenoxy) is 2. The molecule has 1 aromatic heterocycles.